The largest absolute Gasteiger partial charge is 0.306 e. The first-order chi connectivity index (χ1) is 14.1. The van der Waals surface area contributed by atoms with Gasteiger partial charge in [-0.15, -0.1) is 0 Å². The van der Waals surface area contributed by atoms with Gasteiger partial charge in [-0.3, -0.25) is 4.68 Å². The molecular weight excluding hydrogens is 356 g/mol. The van der Waals surface area contributed by atoms with Crippen LogP contribution in [0.4, 0.5) is 0 Å². The fraction of sp³-hybridized carbons (Fsp3) is 0.280. The lowest BCUT2D eigenvalue weighted by Gasteiger charge is -2.15. The maximum atomic E-state index is 9.06. The summed E-state index contributed by atoms with van der Waals surface area (Å²) in [6.45, 7) is 5.87. The molecule has 3 aromatic rings. The van der Waals surface area contributed by atoms with E-state index in [0.29, 0.717) is 17.5 Å². The molecule has 1 aliphatic rings. The Morgan fingerprint density at radius 2 is 1.86 bits per heavy atom. The molecule has 1 N–H and O–H groups in total. The van der Waals surface area contributed by atoms with Gasteiger partial charge in [0.2, 0.25) is 0 Å². The number of rotatable bonds is 6. The maximum Gasteiger partial charge on any atom is 0.0991 e. The van der Waals surface area contributed by atoms with Gasteiger partial charge in [0.05, 0.1) is 23.9 Å². The number of nitrogens with one attached hydrogen (secondary N) is 1. The van der Waals surface area contributed by atoms with E-state index in [1.54, 1.807) is 0 Å². The van der Waals surface area contributed by atoms with Crippen LogP contribution in [0.1, 0.15) is 46.0 Å². The second-order valence-corrected chi connectivity index (χ2v) is 7.75. The van der Waals surface area contributed by atoms with Gasteiger partial charge in [0.25, 0.3) is 0 Å². The predicted octanol–water partition coefficient (Wildman–Crippen LogP) is 4.62. The Bertz CT molecular complexity index is 1060. The molecule has 0 amide bonds. The summed E-state index contributed by atoms with van der Waals surface area (Å²) in [4.78, 5) is 0. The lowest BCUT2D eigenvalue weighted by atomic mass is 9.96. The SMILES string of the molecule is Cc1nn(Cc2ccccc2)c(C)c1C1C=CC(NCc2cccc(C#N)c2)C1. The van der Waals surface area contributed by atoms with Crippen LogP contribution in [0.15, 0.2) is 66.7 Å². The number of nitriles is 1. The van der Waals surface area contributed by atoms with E-state index >= 15 is 0 Å². The average molecular weight is 383 g/mol. The Hall–Kier alpha value is -3.16. The minimum absolute atomic E-state index is 0.335. The molecule has 0 radical (unpaired) electrons. The summed E-state index contributed by atoms with van der Waals surface area (Å²) in [7, 11) is 0. The van der Waals surface area contributed by atoms with Crippen LogP contribution in [-0.4, -0.2) is 15.8 Å². The van der Waals surface area contributed by atoms with Gasteiger partial charge >= 0.3 is 0 Å². The van der Waals surface area contributed by atoms with Gasteiger partial charge in [-0.25, -0.2) is 0 Å². The van der Waals surface area contributed by atoms with Crippen LogP contribution in [0, 0.1) is 25.2 Å². The molecule has 4 rings (SSSR count). The first kappa shape index (κ1) is 19.2. The average Bonchev–Trinajstić information content (AvgIpc) is 3.31. The van der Waals surface area contributed by atoms with Crippen molar-refractivity contribution in [3.05, 3.63) is 100 Å². The number of benzene rings is 2. The third kappa shape index (κ3) is 4.31. The van der Waals surface area contributed by atoms with Crippen LogP contribution in [0.3, 0.4) is 0 Å². The molecular formula is C25H26N4. The highest BCUT2D eigenvalue weighted by molar-refractivity contribution is 5.36. The topological polar surface area (TPSA) is 53.6 Å². The van der Waals surface area contributed by atoms with Crippen LogP contribution in [0.2, 0.25) is 0 Å². The number of aromatic nitrogens is 2. The molecule has 1 aromatic heterocycles. The van der Waals surface area contributed by atoms with E-state index in [9.17, 15) is 0 Å². The fourth-order valence-electron chi connectivity index (χ4n) is 4.22. The van der Waals surface area contributed by atoms with E-state index in [4.69, 9.17) is 10.4 Å². The van der Waals surface area contributed by atoms with E-state index in [1.807, 2.05) is 24.3 Å². The monoisotopic (exact) mass is 382 g/mol. The van der Waals surface area contributed by atoms with Crippen molar-refractivity contribution in [1.82, 2.24) is 15.1 Å². The molecule has 0 saturated heterocycles. The highest BCUT2D eigenvalue weighted by atomic mass is 15.3. The van der Waals surface area contributed by atoms with Crippen molar-refractivity contribution in [2.24, 2.45) is 0 Å². The van der Waals surface area contributed by atoms with E-state index in [2.05, 4.69) is 72.4 Å². The van der Waals surface area contributed by atoms with E-state index in [-0.39, 0.29) is 0 Å². The first-order valence-corrected chi connectivity index (χ1v) is 10.1. The summed E-state index contributed by atoms with van der Waals surface area (Å²) in [6, 6.07) is 20.8. The molecule has 2 aromatic carbocycles. The van der Waals surface area contributed by atoms with Gasteiger partial charge in [0.15, 0.2) is 0 Å². The Balaban J connectivity index is 1.41. The molecule has 1 heterocycles. The van der Waals surface area contributed by atoms with Crippen molar-refractivity contribution < 1.29 is 0 Å². The maximum absolute atomic E-state index is 9.06. The zero-order valence-electron chi connectivity index (χ0n) is 17.0. The first-order valence-electron chi connectivity index (χ1n) is 10.1. The molecule has 29 heavy (non-hydrogen) atoms. The highest BCUT2D eigenvalue weighted by Gasteiger charge is 2.25. The van der Waals surface area contributed by atoms with Crippen LogP contribution in [0.5, 0.6) is 0 Å². The molecule has 0 aliphatic heterocycles. The quantitative estimate of drug-likeness (QED) is 0.633. The summed E-state index contributed by atoms with van der Waals surface area (Å²) < 4.78 is 2.13. The van der Waals surface area contributed by atoms with Crippen molar-refractivity contribution in [1.29, 1.82) is 5.26 Å². The van der Waals surface area contributed by atoms with E-state index < -0.39 is 0 Å². The Morgan fingerprint density at radius 3 is 2.66 bits per heavy atom. The van der Waals surface area contributed by atoms with Gasteiger partial charge in [-0.05, 0) is 43.5 Å². The molecule has 1 aliphatic carbocycles. The summed E-state index contributed by atoms with van der Waals surface area (Å²) in [5, 5.41) is 17.5. The molecule has 146 valence electrons. The Labute approximate surface area is 172 Å². The van der Waals surface area contributed by atoms with Crippen LogP contribution >= 0.6 is 0 Å². The Morgan fingerprint density at radius 1 is 1.07 bits per heavy atom. The van der Waals surface area contributed by atoms with Crippen LogP contribution in [-0.2, 0) is 13.1 Å². The number of hydrogen-bond donors (Lipinski definition) is 1. The lowest BCUT2D eigenvalue weighted by Crippen LogP contribution is -2.25. The highest BCUT2D eigenvalue weighted by Crippen LogP contribution is 2.33. The minimum atomic E-state index is 0.335. The molecule has 2 atom stereocenters. The predicted molar refractivity (Wildman–Crippen MR) is 116 cm³/mol. The van der Waals surface area contributed by atoms with E-state index in [1.165, 1.54) is 16.8 Å². The van der Waals surface area contributed by atoms with E-state index in [0.717, 1.165) is 30.8 Å². The number of aryl methyl sites for hydroxylation is 1. The lowest BCUT2D eigenvalue weighted by molar-refractivity contribution is 0.558. The van der Waals surface area contributed by atoms with Crippen LogP contribution in [0.25, 0.3) is 0 Å². The van der Waals surface area contributed by atoms with Gasteiger partial charge in [-0.1, -0.05) is 54.6 Å². The minimum Gasteiger partial charge on any atom is -0.306 e. The molecule has 0 fully saturated rings. The number of nitrogens with zero attached hydrogens (tertiary/aromatic N) is 3. The van der Waals surface area contributed by atoms with Gasteiger partial charge in [-0.2, -0.15) is 10.4 Å². The zero-order valence-corrected chi connectivity index (χ0v) is 17.0. The molecule has 4 nitrogen and oxygen atoms in total. The second-order valence-electron chi connectivity index (χ2n) is 7.75. The standard InChI is InChI=1S/C25H26N4/c1-18-25(19(2)29(28-18)17-20-7-4-3-5-8-20)23-11-12-24(14-23)27-16-22-10-6-9-21(13-22)15-26/h3-13,23-24,27H,14,16-17H2,1-2H3. The summed E-state index contributed by atoms with van der Waals surface area (Å²) in [6.07, 6.45) is 5.62. The van der Waals surface area contributed by atoms with Crippen LogP contribution < -0.4 is 5.32 Å². The third-order valence-corrected chi connectivity index (χ3v) is 5.69. The van der Waals surface area contributed by atoms with Crippen molar-refractivity contribution in [3.63, 3.8) is 0 Å². The third-order valence-electron chi connectivity index (χ3n) is 5.69. The van der Waals surface area contributed by atoms with Crippen molar-refractivity contribution in [3.8, 4) is 6.07 Å². The summed E-state index contributed by atoms with van der Waals surface area (Å²) >= 11 is 0. The number of allylic oxidation sites excluding steroid dienone is 1. The van der Waals surface area contributed by atoms with Crippen molar-refractivity contribution in [2.45, 2.75) is 45.3 Å². The van der Waals surface area contributed by atoms with Gasteiger partial charge < -0.3 is 5.32 Å². The molecule has 0 spiro atoms. The van der Waals surface area contributed by atoms with Gasteiger partial charge in [0.1, 0.15) is 0 Å². The summed E-state index contributed by atoms with van der Waals surface area (Å²) in [5.41, 5.74) is 6.85. The van der Waals surface area contributed by atoms with Crippen molar-refractivity contribution >= 4 is 0 Å². The zero-order chi connectivity index (χ0) is 20.2. The van der Waals surface area contributed by atoms with Crippen molar-refractivity contribution in [2.75, 3.05) is 0 Å². The second kappa shape index (κ2) is 8.46. The molecule has 0 saturated carbocycles. The van der Waals surface area contributed by atoms with Gasteiger partial charge in [0, 0.05) is 29.8 Å². The number of hydrogen-bond acceptors (Lipinski definition) is 3. The molecule has 2 unspecified atom stereocenters. The molecule has 4 heteroatoms. The normalized spacial score (nSPS) is 18.1. The fourth-order valence-corrected chi connectivity index (χ4v) is 4.22. The Kier molecular flexibility index (Phi) is 5.59. The molecule has 0 bridgehead atoms. The summed E-state index contributed by atoms with van der Waals surface area (Å²) in [5.74, 6) is 0.391. The smallest absolute Gasteiger partial charge is 0.0991 e.